The molecule has 2 aliphatic carbocycles. The molecule has 0 radical (unpaired) electrons. The second kappa shape index (κ2) is 3.27. The minimum Gasteiger partial charge on any atom is -0.390 e. The largest absolute Gasteiger partial charge is 0.390 e. The van der Waals surface area contributed by atoms with Crippen LogP contribution in [0, 0.1) is 17.8 Å². The van der Waals surface area contributed by atoms with Crippen molar-refractivity contribution < 1.29 is 5.11 Å². The van der Waals surface area contributed by atoms with E-state index in [4.69, 9.17) is 0 Å². The van der Waals surface area contributed by atoms with Crippen LogP contribution >= 0.6 is 0 Å². The van der Waals surface area contributed by atoms with Crippen molar-refractivity contribution in [3.8, 4) is 0 Å². The Morgan fingerprint density at radius 1 is 0.846 bits per heavy atom. The van der Waals surface area contributed by atoms with E-state index in [-0.39, 0.29) is 0 Å². The highest BCUT2D eigenvalue weighted by Crippen LogP contribution is 2.46. The lowest BCUT2D eigenvalue weighted by Crippen LogP contribution is -2.34. The maximum absolute atomic E-state index is 9.88. The SMILES string of the molecule is CC(C)(O)C1CCC(C2CC2)CC1. The first-order chi connectivity index (χ1) is 6.07. The summed E-state index contributed by atoms with van der Waals surface area (Å²) in [6.45, 7) is 3.93. The third-order valence-corrected chi connectivity index (χ3v) is 4.06. The fourth-order valence-electron chi connectivity index (χ4n) is 2.86. The normalized spacial score (nSPS) is 36.2. The second-order valence-corrected chi connectivity index (χ2v) is 5.60. The van der Waals surface area contributed by atoms with Crippen LogP contribution in [-0.4, -0.2) is 10.7 Å². The Balaban J connectivity index is 1.81. The van der Waals surface area contributed by atoms with E-state index in [0.717, 1.165) is 11.8 Å². The monoisotopic (exact) mass is 182 g/mol. The van der Waals surface area contributed by atoms with Gasteiger partial charge in [0.25, 0.3) is 0 Å². The molecule has 0 aliphatic heterocycles. The van der Waals surface area contributed by atoms with Gasteiger partial charge in [-0.3, -0.25) is 0 Å². The molecule has 0 aromatic rings. The van der Waals surface area contributed by atoms with Crippen molar-refractivity contribution in [2.24, 2.45) is 17.8 Å². The molecule has 0 atom stereocenters. The van der Waals surface area contributed by atoms with Crippen molar-refractivity contribution >= 4 is 0 Å². The molecule has 76 valence electrons. The molecule has 0 aromatic heterocycles. The minimum absolute atomic E-state index is 0.436. The standard InChI is InChI=1S/C12H22O/c1-12(2,13)11-7-5-10(6-8-11)9-3-4-9/h9-11,13H,3-8H2,1-2H3. The van der Waals surface area contributed by atoms with Crippen LogP contribution in [0.4, 0.5) is 0 Å². The molecule has 1 N–H and O–H groups in total. The van der Waals surface area contributed by atoms with Crippen LogP contribution in [-0.2, 0) is 0 Å². The Bertz CT molecular complexity index is 168. The maximum atomic E-state index is 9.88. The number of aliphatic hydroxyl groups is 1. The summed E-state index contributed by atoms with van der Waals surface area (Å²) in [7, 11) is 0. The van der Waals surface area contributed by atoms with Gasteiger partial charge in [0.05, 0.1) is 5.60 Å². The molecule has 0 unspecified atom stereocenters. The van der Waals surface area contributed by atoms with Gasteiger partial charge in [-0.15, -0.1) is 0 Å². The summed E-state index contributed by atoms with van der Waals surface area (Å²) in [5, 5.41) is 9.88. The lowest BCUT2D eigenvalue weighted by molar-refractivity contribution is -0.00729. The summed E-state index contributed by atoms with van der Waals surface area (Å²) in [5.74, 6) is 2.64. The molecule has 0 heterocycles. The van der Waals surface area contributed by atoms with Crippen LogP contribution in [0.5, 0.6) is 0 Å². The van der Waals surface area contributed by atoms with Crippen LogP contribution < -0.4 is 0 Å². The van der Waals surface area contributed by atoms with E-state index in [1.807, 2.05) is 13.8 Å². The molecule has 1 heteroatoms. The van der Waals surface area contributed by atoms with Crippen molar-refractivity contribution in [3.05, 3.63) is 0 Å². The third kappa shape index (κ3) is 2.25. The van der Waals surface area contributed by atoms with Gasteiger partial charge in [0.2, 0.25) is 0 Å². The molecule has 0 bridgehead atoms. The van der Waals surface area contributed by atoms with E-state index in [2.05, 4.69) is 0 Å². The Morgan fingerprint density at radius 3 is 1.54 bits per heavy atom. The average molecular weight is 182 g/mol. The molecule has 2 aliphatic rings. The smallest absolute Gasteiger partial charge is 0.0619 e. The molecule has 2 fully saturated rings. The first-order valence-corrected chi connectivity index (χ1v) is 5.80. The Kier molecular flexibility index (Phi) is 2.39. The Morgan fingerprint density at radius 2 is 1.23 bits per heavy atom. The lowest BCUT2D eigenvalue weighted by atomic mass is 9.73. The van der Waals surface area contributed by atoms with Gasteiger partial charge in [0.1, 0.15) is 0 Å². The topological polar surface area (TPSA) is 20.2 Å². The molecule has 13 heavy (non-hydrogen) atoms. The molecular formula is C12H22O. The van der Waals surface area contributed by atoms with Gasteiger partial charge in [-0.2, -0.15) is 0 Å². The highest BCUT2D eigenvalue weighted by atomic mass is 16.3. The van der Waals surface area contributed by atoms with Crippen LogP contribution in [0.2, 0.25) is 0 Å². The van der Waals surface area contributed by atoms with Gasteiger partial charge in [0, 0.05) is 0 Å². The molecule has 0 amide bonds. The van der Waals surface area contributed by atoms with Crippen molar-refractivity contribution in [2.45, 2.75) is 58.0 Å². The predicted molar refractivity (Wildman–Crippen MR) is 54.5 cm³/mol. The fraction of sp³-hybridized carbons (Fsp3) is 1.00. The summed E-state index contributed by atoms with van der Waals surface area (Å²) in [5.41, 5.74) is -0.436. The molecular weight excluding hydrogens is 160 g/mol. The quantitative estimate of drug-likeness (QED) is 0.696. The number of hydrogen-bond donors (Lipinski definition) is 1. The highest BCUT2D eigenvalue weighted by Gasteiger charge is 2.37. The molecule has 0 aromatic carbocycles. The van der Waals surface area contributed by atoms with Crippen LogP contribution in [0.1, 0.15) is 52.4 Å². The van der Waals surface area contributed by atoms with Crippen molar-refractivity contribution in [1.29, 1.82) is 0 Å². The van der Waals surface area contributed by atoms with Crippen molar-refractivity contribution in [3.63, 3.8) is 0 Å². The fourth-order valence-corrected chi connectivity index (χ4v) is 2.86. The van der Waals surface area contributed by atoms with Crippen LogP contribution in [0.25, 0.3) is 0 Å². The van der Waals surface area contributed by atoms with Crippen LogP contribution in [0.3, 0.4) is 0 Å². The van der Waals surface area contributed by atoms with E-state index in [0.29, 0.717) is 5.92 Å². The predicted octanol–water partition coefficient (Wildman–Crippen LogP) is 2.97. The van der Waals surface area contributed by atoms with Gasteiger partial charge >= 0.3 is 0 Å². The Labute approximate surface area is 81.5 Å². The first-order valence-electron chi connectivity index (χ1n) is 5.80. The van der Waals surface area contributed by atoms with E-state index in [1.165, 1.54) is 38.5 Å². The summed E-state index contributed by atoms with van der Waals surface area (Å²) in [6, 6.07) is 0. The average Bonchev–Trinajstić information content (AvgIpc) is 2.85. The number of hydrogen-bond acceptors (Lipinski definition) is 1. The van der Waals surface area contributed by atoms with Gasteiger partial charge in [0.15, 0.2) is 0 Å². The second-order valence-electron chi connectivity index (χ2n) is 5.60. The van der Waals surface area contributed by atoms with Gasteiger partial charge in [-0.05, 0) is 70.1 Å². The zero-order valence-electron chi connectivity index (χ0n) is 8.92. The zero-order chi connectivity index (χ0) is 9.47. The lowest BCUT2D eigenvalue weighted by Gasteiger charge is -2.35. The summed E-state index contributed by atoms with van der Waals surface area (Å²) >= 11 is 0. The zero-order valence-corrected chi connectivity index (χ0v) is 8.92. The third-order valence-electron chi connectivity index (χ3n) is 4.06. The first kappa shape index (κ1) is 9.51. The molecule has 2 saturated carbocycles. The maximum Gasteiger partial charge on any atom is 0.0619 e. The van der Waals surface area contributed by atoms with Crippen molar-refractivity contribution in [2.75, 3.05) is 0 Å². The molecule has 0 spiro atoms. The number of rotatable bonds is 2. The molecule has 2 rings (SSSR count). The van der Waals surface area contributed by atoms with Crippen molar-refractivity contribution in [1.82, 2.24) is 0 Å². The van der Waals surface area contributed by atoms with Gasteiger partial charge in [-0.25, -0.2) is 0 Å². The van der Waals surface area contributed by atoms with E-state index >= 15 is 0 Å². The summed E-state index contributed by atoms with van der Waals surface area (Å²) in [4.78, 5) is 0. The van der Waals surface area contributed by atoms with E-state index in [9.17, 15) is 5.11 Å². The molecule has 1 nitrogen and oxygen atoms in total. The van der Waals surface area contributed by atoms with Gasteiger partial charge < -0.3 is 5.11 Å². The Hall–Kier alpha value is -0.0400. The highest BCUT2D eigenvalue weighted by molar-refractivity contribution is 4.88. The molecule has 0 saturated heterocycles. The van der Waals surface area contributed by atoms with Gasteiger partial charge in [-0.1, -0.05) is 0 Å². The van der Waals surface area contributed by atoms with Crippen LogP contribution in [0.15, 0.2) is 0 Å². The summed E-state index contributed by atoms with van der Waals surface area (Å²) < 4.78 is 0. The summed E-state index contributed by atoms with van der Waals surface area (Å²) in [6.07, 6.45) is 8.23. The van der Waals surface area contributed by atoms with E-state index in [1.54, 1.807) is 0 Å². The van der Waals surface area contributed by atoms with E-state index < -0.39 is 5.60 Å². The minimum atomic E-state index is -0.436.